The second-order valence-electron chi connectivity index (χ2n) is 8.02. The number of rotatable bonds is 10. The number of ether oxygens (including phenoxy) is 3. The Morgan fingerprint density at radius 1 is 1.03 bits per heavy atom. The first-order valence-corrected chi connectivity index (χ1v) is 11.5. The van der Waals surface area contributed by atoms with Gasteiger partial charge in [-0.3, -0.25) is 4.79 Å². The van der Waals surface area contributed by atoms with Crippen LogP contribution < -0.4 is 20.3 Å². The van der Waals surface area contributed by atoms with Crippen LogP contribution in [0.25, 0.3) is 11.0 Å². The normalized spacial score (nSPS) is 11.4. The molecule has 0 atom stereocenters. The summed E-state index contributed by atoms with van der Waals surface area (Å²) in [6.45, 7) is 0.629. The number of fused-ring (bicyclic) bond motifs is 1. The summed E-state index contributed by atoms with van der Waals surface area (Å²) in [5, 5.41) is 13.5. The van der Waals surface area contributed by atoms with Crippen molar-refractivity contribution in [2.75, 3.05) is 27.6 Å². The van der Waals surface area contributed by atoms with E-state index in [4.69, 9.17) is 18.6 Å². The maximum absolute atomic E-state index is 13.1. The number of carbonyl (C=O) groups excluding carboxylic acids is 1. The minimum atomic E-state index is -0.301. The highest BCUT2D eigenvalue weighted by atomic mass is 16.7. The molecule has 36 heavy (non-hydrogen) atoms. The summed E-state index contributed by atoms with van der Waals surface area (Å²) in [6, 6.07) is 21.3. The molecule has 186 valence electrons. The zero-order chi connectivity index (χ0) is 25.3. The van der Waals surface area contributed by atoms with Crippen LogP contribution in [0.3, 0.4) is 0 Å². The third kappa shape index (κ3) is 6.22. The third-order valence-corrected chi connectivity index (χ3v) is 5.50. The summed E-state index contributed by atoms with van der Waals surface area (Å²) in [7, 11) is 3.17. The van der Waals surface area contributed by atoms with Crippen LogP contribution in [0.2, 0.25) is 0 Å². The van der Waals surface area contributed by atoms with Crippen LogP contribution in [0, 0.1) is 0 Å². The second-order valence-corrected chi connectivity index (χ2v) is 8.02. The predicted octanol–water partition coefficient (Wildman–Crippen LogP) is 4.72. The first-order chi connectivity index (χ1) is 17.6. The summed E-state index contributed by atoms with van der Waals surface area (Å²) in [4.78, 5) is 17.7. The largest absolute Gasteiger partial charge is 0.508 e. The van der Waals surface area contributed by atoms with Crippen molar-refractivity contribution < 1.29 is 28.5 Å². The molecule has 0 bridgehead atoms. The van der Waals surface area contributed by atoms with E-state index >= 15 is 0 Å². The Hall–Kier alpha value is -4.30. The Bertz CT molecular complexity index is 1400. The number of methoxy groups -OCH3 is 2. The van der Waals surface area contributed by atoms with E-state index in [2.05, 4.69) is 10.3 Å². The van der Waals surface area contributed by atoms with Crippen LogP contribution in [0.5, 0.6) is 17.2 Å². The molecule has 4 aromatic rings. The van der Waals surface area contributed by atoms with Gasteiger partial charge < -0.3 is 29.1 Å². The van der Waals surface area contributed by atoms with Gasteiger partial charge in [-0.1, -0.05) is 18.2 Å². The van der Waals surface area contributed by atoms with Gasteiger partial charge in [0.05, 0.1) is 12.8 Å². The van der Waals surface area contributed by atoms with Crippen LogP contribution in [-0.4, -0.2) is 38.6 Å². The molecule has 4 rings (SSSR count). The molecular weight excluding hydrogens is 460 g/mol. The topological polar surface area (TPSA) is 103 Å². The molecule has 0 aliphatic heterocycles. The van der Waals surface area contributed by atoms with E-state index in [1.54, 1.807) is 56.7 Å². The molecular formula is C28H28N2O6. The summed E-state index contributed by atoms with van der Waals surface area (Å²) in [5.74, 6) is 1.22. The number of carbonyl (C=O) groups is 1. The molecule has 1 aromatic heterocycles. The SMILES string of the molecule is COCOc1ccccc1CCCNC(=O)c1cc2ccc(O)cc2oc1=Nc1ccc(OC)cc1. The second kappa shape index (κ2) is 11.9. The summed E-state index contributed by atoms with van der Waals surface area (Å²) in [5.41, 5.74) is 2.51. The smallest absolute Gasteiger partial charge is 0.256 e. The highest BCUT2D eigenvalue weighted by molar-refractivity contribution is 5.96. The number of nitrogens with zero attached hydrogens (tertiary/aromatic N) is 1. The molecule has 0 aliphatic rings. The molecule has 0 unspecified atom stereocenters. The van der Waals surface area contributed by atoms with E-state index in [9.17, 15) is 9.90 Å². The van der Waals surface area contributed by atoms with Gasteiger partial charge >= 0.3 is 0 Å². The van der Waals surface area contributed by atoms with E-state index in [1.165, 1.54) is 6.07 Å². The molecule has 8 heteroatoms. The van der Waals surface area contributed by atoms with Gasteiger partial charge in [-0.15, -0.1) is 0 Å². The number of phenolic OH excluding ortho intramolecular Hbond substituents is 1. The van der Waals surface area contributed by atoms with Crippen molar-refractivity contribution in [3.05, 3.63) is 89.5 Å². The number of hydrogen-bond donors (Lipinski definition) is 2. The van der Waals surface area contributed by atoms with Gasteiger partial charge in [-0.2, -0.15) is 0 Å². The van der Waals surface area contributed by atoms with Crippen molar-refractivity contribution in [1.82, 2.24) is 5.32 Å². The van der Waals surface area contributed by atoms with Gasteiger partial charge in [0.2, 0.25) is 5.55 Å². The van der Waals surface area contributed by atoms with Crippen LogP contribution >= 0.6 is 0 Å². The van der Waals surface area contributed by atoms with Crippen molar-refractivity contribution >= 4 is 22.6 Å². The molecule has 0 spiro atoms. The Morgan fingerprint density at radius 2 is 1.83 bits per heavy atom. The van der Waals surface area contributed by atoms with Gasteiger partial charge in [0, 0.05) is 25.1 Å². The molecule has 0 radical (unpaired) electrons. The van der Waals surface area contributed by atoms with Crippen molar-refractivity contribution in [1.29, 1.82) is 0 Å². The van der Waals surface area contributed by atoms with Gasteiger partial charge in [0.25, 0.3) is 5.91 Å². The summed E-state index contributed by atoms with van der Waals surface area (Å²) >= 11 is 0. The lowest BCUT2D eigenvalue weighted by molar-refractivity contribution is 0.0504. The van der Waals surface area contributed by atoms with Gasteiger partial charge in [0.1, 0.15) is 28.4 Å². The summed E-state index contributed by atoms with van der Waals surface area (Å²) < 4.78 is 21.7. The van der Waals surface area contributed by atoms with Crippen LogP contribution in [-0.2, 0) is 11.2 Å². The quantitative estimate of drug-likeness (QED) is 0.247. The molecule has 2 N–H and O–H groups in total. The highest BCUT2D eigenvalue weighted by Crippen LogP contribution is 2.22. The Kier molecular flexibility index (Phi) is 8.20. The highest BCUT2D eigenvalue weighted by Gasteiger charge is 2.13. The predicted molar refractivity (Wildman–Crippen MR) is 136 cm³/mol. The van der Waals surface area contributed by atoms with Crippen LogP contribution in [0.15, 0.2) is 82.2 Å². The van der Waals surface area contributed by atoms with E-state index in [0.717, 1.165) is 17.7 Å². The van der Waals surface area contributed by atoms with Crippen molar-refractivity contribution in [3.8, 4) is 17.2 Å². The minimum absolute atomic E-state index is 0.0635. The number of aryl methyl sites for hydroxylation is 1. The molecule has 0 fully saturated rings. The molecule has 0 saturated carbocycles. The summed E-state index contributed by atoms with van der Waals surface area (Å²) in [6.07, 6.45) is 1.44. The maximum Gasteiger partial charge on any atom is 0.256 e. The Labute approximate surface area is 208 Å². The Balaban J connectivity index is 1.53. The fourth-order valence-corrected chi connectivity index (χ4v) is 3.68. The molecule has 1 heterocycles. The van der Waals surface area contributed by atoms with Crippen molar-refractivity contribution in [2.24, 2.45) is 4.99 Å². The fourth-order valence-electron chi connectivity index (χ4n) is 3.68. The third-order valence-electron chi connectivity index (χ3n) is 5.50. The van der Waals surface area contributed by atoms with Gasteiger partial charge in [-0.05, 0) is 66.9 Å². The van der Waals surface area contributed by atoms with Gasteiger partial charge in [-0.25, -0.2) is 4.99 Å². The van der Waals surface area contributed by atoms with Gasteiger partial charge in [0.15, 0.2) is 6.79 Å². The van der Waals surface area contributed by atoms with Crippen LogP contribution in [0.1, 0.15) is 22.3 Å². The lowest BCUT2D eigenvalue weighted by atomic mass is 10.1. The maximum atomic E-state index is 13.1. The van der Waals surface area contributed by atoms with Crippen molar-refractivity contribution in [2.45, 2.75) is 12.8 Å². The average molecular weight is 489 g/mol. The lowest BCUT2D eigenvalue weighted by Gasteiger charge is -2.11. The molecule has 8 nitrogen and oxygen atoms in total. The first kappa shape index (κ1) is 24.8. The number of para-hydroxylation sites is 1. The number of aromatic hydroxyl groups is 1. The number of benzene rings is 3. The monoisotopic (exact) mass is 488 g/mol. The number of nitrogens with one attached hydrogen (secondary N) is 1. The van der Waals surface area contributed by atoms with Crippen LogP contribution in [0.4, 0.5) is 5.69 Å². The zero-order valence-electron chi connectivity index (χ0n) is 20.2. The minimum Gasteiger partial charge on any atom is -0.508 e. The molecule has 1 amide bonds. The number of phenols is 1. The molecule has 0 aliphatic carbocycles. The fraction of sp³-hybridized carbons (Fsp3) is 0.214. The van der Waals surface area contributed by atoms with E-state index in [1.807, 2.05) is 24.3 Å². The lowest BCUT2D eigenvalue weighted by Crippen LogP contribution is -2.29. The van der Waals surface area contributed by atoms with Crippen molar-refractivity contribution in [3.63, 3.8) is 0 Å². The van der Waals surface area contributed by atoms with E-state index < -0.39 is 0 Å². The standard InChI is InChI=1S/C28H28N2O6/c1-33-18-35-25-8-4-3-6-19(25)7-5-15-29-27(32)24-16-20-9-12-22(31)17-26(20)36-28(24)30-21-10-13-23(34-2)14-11-21/h3-4,6,8-14,16-17,31H,5,7,15,18H2,1-2H3,(H,29,32). The average Bonchev–Trinajstić information content (AvgIpc) is 2.90. The van der Waals surface area contributed by atoms with E-state index in [-0.39, 0.29) is 24.0 Å². The number of hydrogen-bond acceptors (Lipinski definition) is 7. The molecule has 0 saturated heterocycles. The first-order valence-electron chi connectivity index (χ1n) is 11.5. The number of amides is 1. The zero-order valence-corrected chi connectivity index (χ0v) is 20.2. The van der Waals surface area contributed by atoms with E-state index in [0.29, 0.717) is 40.9 Å². The molecule has 3 aromatic carbocycles. The Morgan fingerprint density at radius 3 is 2.61 bits per heavy atom.